The molecule has 6 nitrogen and oxygen atoms in total. The first-order chi connectivity index (χ1) is 15.3. The first kappa shape index (κ1) is 23.5. The first-order valence-electron chi connectivity index (χ1n) is 11.3. The van der Waals surface area contributed by atoms with Crippen molar-refractivity contribution in [2.24, 2.45) is 5.92 Å². The van der Waals surface area contributed by atoms with Crippen LogP contribution in [0.15, 0.2) is 48.5 Å². The van der Waals surface area contributed by atoms with Gasteiger partial charge in [0.25, 0.3) is 11.8 Å². The van der Waals surface area contributed by atoms with Gasteiger partial charge < -0.3 is 14.7 Å². The molecule has 1 fully saturated rings. The number of carbonyl (C=O) groups excluding carboxylic acids is 3. The Morgan fingerprint density at radius 1 is 0.969 bits per heavy atom. The summed E-state index contributed by atoms with van der Waals surface area (Å²) in [5, 5.41) is 0. The average molecular weight is 436 g/mol. The molecule has 0 N–H and O–H groups in total. The zero-order valence-electron chi connectivity index (χ0n) is 19.5. The van der Waals surface area contributed by atoms with E-state index in [4.69, 9.17) is 0 Å². The van der Waals surface area contributed by atoms with Gasteiger partial charge in [-0.3, -0.25) is 14.4 Å². The van der Waals surface area contributed by atoms with Crippen molar-refractivity contribution in [1.29, 1.82) is 0 Å². The van der Waals surface area contributed by atoms with Crippen molar-refractivity contribution in [3.63, 3.8) is 0 Å². The van der Waals surface area contributed by atoms with Gasteiger partial charge >= 0.3 is 0 Å². The highest BCUT2D eigenvalue weighted by Crippen LogP contribution is 2.22. The molecule has 1 saturated heterocycles. The lowest BCUT2D eigenvalue weighted by atomic mass is 9.95. The SMILES string of the molecule is CCN(Cc1ccc(C(=O)N(C)C)cc1)C(=O)C1CCCN(C(=O)c2ccc(C)cc2)C1. The molecule has 0 aliphatic carbocycles. The second kappa shape index (κ2) is 10.4. The summed E-state index contributed by atoms with van der Waals surface area (Å²) >= 11 is 0. The van der Waals surface area contributed by atoms with Gasteiger partial charge in [-0.1, -0.05) is 29.8 Å². The Labute approximate surface area is 190 Å². The number of benzene rings is 2. The second-order valence-electron chi connectivity index (χ2n) is 8.71. The van der Waals surface area contributed by atoms with Crippen LogP contribution in [0.3, 0.4) is 0 Å². The maximum Gasteiger partial charge on any atom is 0.253 e. The lowest BCUT2D eigenvalue weighted by Gasteiger charge is -2.35. The monoisotopic (exact) mass is 435 g/mol. The molecule has 1 aliphatic heterocycles. The maximum atomic E-state index is 13.3. The highest BCUT2D eigenvalue weighted by Gasteiger charge is 2.31. The Morgan fingerprint density at radius 3 is 2.19 bits per heavy atom. The van der Waals surface area contributed by atoms with Crippen molar-refractivity contribution in [1.82, 2.24) is 14.7 Å². The van der Waals surface area contributed by atoms with Crippen LogP contribution in [0.1, 0.15) is 51.6 Å². The number of hydrogen-bond donors (Lipinski definition) is 0. The van der Waals surface area contributed by atoms with Gasteiger partial charge in [0, 0.05) is 51.4 Å². The largest absolute Gasteiger partial charge is 0.345 e. The fraction of sp³-hybridized carbons (Fsp3) is 0.423. The summed E-state index contributed by atoms with van der Waals surface area (Å²) in [6, 6.07) is 15.0. The molecule has 170 valence electrons. The lowest BCUT2D eigenvalue weighted by molar-refractivity contribution is -0.137. The topological polar surface area (TPSA) is 60.9 Å². The molecule has 0 aromatic heterocycles. The fourth-order valence-electron chi connectivity index (χ4n) is 4.08. The van der Waals surface area contributed by atoms with Crippen molar-refractivity contribution in [2.45, 2.75) is 33.2 Å². The molecule has 2 aromatic rings. The smallest absolute Gasteiger partial charge is 0.253 e. The van der Waals surface area contributed by atoms with Crippen LogP contribution in [0.5, 0.6) is 0 Å². The van der Waals surface area contributed by atoms with Crippen molar-refractivity contribution < 1.29 is 14.4 Å². The van der Waals surface area contributed by atoms with E-state index in [1.165, 1.54) is 0 Å². The number of aryl methyl sites for hydroxylation is 1. The van der Waals surface area contributed by atoms with Crippen molar-refractivity contribution in [3.05, 3.63) is 70.8 Å². The van der Waals surface area contributed by atoms with E-state index in [0.717, 1.165) is 24.0 Å². The molecule has 0 saturated carbocycles. The second-order valence-corrected chi connectivity index (χ2v) is 8.71. The third-order valence-electron chi connectivity index (χ3n) is 6.03. The first-order valence-corrected chi connectivity index (χ1v) is 11.3. The molecule has 3 rings (SSSR count). The van der Waals surface area contributed by atoms with Gasteiger partial charge in [-0.2, -0.15) is 0 Å². The van der Waals surface area contributed by atoms with Crippen LogP contribution < -0.4 is 0 Å². The highest BCUT2D eigenvalue weighted by molar-refractivity contribution is 5.95. The van der Waals surface area contributed by atoms with Gasteiger partial charge in [0.05, 0.1) is 5.92 Å². The molecule has 1 heterocycles. The predicted molar refractivity (Wildman–Crippen MR) is 125 cm³/mol. The minimum atomic E-state index is -0.187. The molecule has 0 radical (unpaired) electrons. The van der Waals surface area contributed by atoms with Crippen LogP contribution in [0.4, 0.5) is 0 Å². The molecule has 1 atom stereocenters. The van der Waals surface area contributed by atoms with E-state index in [1.54, 1.807) is 31.1 Å². The van der Waals surface area contributed by atoms with Crippen LogP contribution in [0.2, 0.25) is 0 Å². The summed E-state index contributed by atoms with van der Waals surface area (Å²) in [5.74, 6) is -0.151. The summed E-state index contributed by atoms with van der Waals surface area (Å²) < 4.78 is 0. The van der Waals surface area contributed by atoms with Crippen molar-refractivity contribution in [3.8, 4) is 0 Å². The number of hydrogen-bond acceptors (Lipinski definition) is 3. The molecule has 32 heavy (non-hydrogen) atoms. The highest BCUT2D eigenvalue weighted by atomic mass is 16.2. The van der Waals surface area contributed by atoms with Crippen LogP contribution in [-0.2, 0) is 11.3 Å². The standard InChI is InChI=1S/C26H33N3O3/c1-5-28(17-20-10-14-21(15-11-20)24(30)27(3)4)26(32)23-7-6-16-29(18-23)25(31)22-12-8-19(2)9-13-22/h8-15,23H,5-7,16-18H2,1-4H3. The molecule has 3 amide bonds. The molecule has 1 aliphatic rings. The number of piperidine rings is 1. The van der Waals surface area contributed by atoms with Gasteiger partial charge in [-0.15, -0.1) is 0 Å². The minimum Gasteiger partial charge on any atom is -0.345 e. The quantitative estimate of drug-likeness (QED) is 0.697. The Kier molecular flexibility index (Phi) is 7.67. The minimum absolute atomic E-state index is 0.00769. The number of nitrogens with zero attached hydrogens (tertiary/aromatic N) is 3. The van der Waals surface area contributed by atoms with E-state index in [-0.39, 0.29) is 23.6 Å². The van der Waals surface area contributed by atoms with E-state index in [1.807, 2.05) is 60.0 Å². The molecule has 2 aromatic carbocycles. The zero-order valence-corrected chi connectivity index (χ0v) is 19.5. The average Bonchev–Trinajstić information content (AvgIpc) is 2.82. The number of carbonyl (C=O) groups is 3. The third-order valence-corrected chi connectivity index (χ3v) is 6.03. The van der Waals surface area contributed by atoms with E-state index < -0.39 is 0 Å². The molecule has 0 bridgehead atoms. The predicted octanol–water partition coefficient (Wildman–Crippen LogP) is 3.60. The zero-order chi connectivity index (χ0) is 23.3. The normalized spacial score (nSPS) is 15.9. The van der Waals surface area contributed by atoms with Gasteiger partial charge in [0.1, 0.15) is 0 Å². The Hall–Kier alpha value is -3.15. The number of likely N-dealkylation sites (tertiary alicyclic amines) is 1. The number of amides is 3. The summed E-state index contributed by atoms with van der Waals surface area (Å²) in [7, 11) is 3.45. The van der Waals surface area contributed by atoms with Gasteiger partial charge in [0.15, 0.2) is 0 Å². The molecule has 1 unspecified atom stereocenters. The Bertz CT molecular complexity index is 951. The maximum absolute atomic E-state index is 13.3. The Balaban J connectivity index is 1.64. The third kappa shape index (κ3) is 5.55. The van der Waals surface area contributed by atoms with Crippen LogP contribution >= 0.6 is 0 Å². The Morgan fingerprint density at radius 2 is 1.59 bits per heavy atom. The molecular weight excluding hydrogens is 402 g/mol. The van der Waals surface area contributed by atoms with Gasteiger partial charge in [0.2, 0.25) is 5.91 Å². The van der Waals surface area contributed by atoms with E-state index in [0.29, 0.717) is 37.3 Å². The summed E-state index contributed by atoms with van der Waals surface area (Å²) in [5.41, 5.74) is 3.40. The molecule has 0 spiro atoms. The van der Waals surface area contributed by atoms with Crippen molar-refractivity contribution in [2.75, 3.05) is 33.7 Å². The molecule has 6 heteroatoms. The van der Waals surface area contributed by atoms with Crippen LogP contribution in [0, 0.1) is 12.8 Å². The van der Waals surface area contributed by atoms with E-state index in [2.05, 4.69) is 0 Å². The summed E-state index contributed by atoms with van der Waals surface area (Å²) in [6.07, 6.45) is 1.62. The summed E-state index contributed by atoms with van der Waals surface area (Å²) in [6.45, 7) is 6.20. The van der Waals surface area contributed by atoms with Crippen molar-refractivity contribution >= 4 is 17.7 Å². The number of rotatable bonds is 6. The lowest BCUT2D eigenvalue weighted by Crippen LogP contribution is -2.46. The van der Waals surface area contributed by atoms with Gasteiger partial charge in [-0.25, -0.2) is 0 Å². The van der Waals surface area contributed by atoms with E-state index >= 15 is 0 Å². The van der Waals surface area contributed by atoms with Crippen LogP contribution in [-0.4, -0.2) is 66.2 Å². The molecular formula is C26H33N3O3. The summed E-state index contributed by atoms with van der Waals surface area (Å²) in [4.78, 5) is 43.5. The van der Waals surface area contributed by atoms with Crippen LogP contribution in [0.25, 0.3) is 0 Å². The van der Waals surface area contributed by atoms with E-state index in [9.17, 15) is 14.4 Å². The fourth-order valence-corrected chi connectivity index (χ4v) is 4.08. The van der Waals surface area contributed by atoms with Gasteiger partial charge in [-0.05, 0) is 56.5 Å².